The van der Waals surface area contributed by atoms with E-state index in [1.165, 1.54) is 0 Å². The molecule has 0 aliphatic heterocycles. The van der Waals surface area contributed by atoms with Crippen LogP contribution in [0.5, 0.6) is 0 Å². The van der Waals surface area contributed by atoms with Gasteiger partial charge in [-0.2, -0.15) is 0 Å². The van der Waals surface area contributed by atoms with Crippen LogP contribution in [0.1, 0.15) is 40.0 Å². The van der Waals surface area contributed by atoms with Crippen LogP contribution >= 0.6 is 0 Å². The molecular formula is C20H21N5O8. The number of anilines is 1. The maximum Gasteiger partial charge on any atom is 0.338 e. The molecule has 1 atom stereocenters. The molecule has 13 heteroatoms. The van der Waals surface area contributed by atoms with Gasteiger partial charge in [0.15, 0.2) is 0 Å². The SMILES string of the molecule is NC(=O)[C@@H](CCCCNc1c(C(=O)O)cc([N+](=O)[O-])cc1[N+](=O)[O-])NC(=O)c1ccccc1. The minimum atomic E-state index is -1.57. The van der Waals surface area contributed by atoms with Crippen molar-refractivity contribution in [3.8, 4) is 0 Å². The van der Waals surface area contributed by atoms with Gasteiger partial charge in [0.05, 0.1) is 21.5 Å². The van der Waals surface area contributed by atoms with Crippen molar-refractivity contribution in [3.63, 3.8) is 0 Å². The lowest BCUT2D eigenvalue weighted by molar-refractivity contribution is -0.393. The van der Waals surface area contributed by atoms with E-state index < -0.39 is 50.6 Å². The summed E-state index contributed by atoms with van der Waals surface area (Å²) in [7, 11) is 0. The van der Waals surface area contributed by atoms with E-state index in [2.05, 4.69) is 10.6 Å². The summed E-state index contributed by atoms with van der Waals surface area (Å²) in [5.74, 6) is -2.77. The summed E-state index contributed by atoms with van der Waals surface area (Å²) < 4.78 is 0. The number of amides is 2. The highest BCUT2D eigenvalue weighted by molar-refractivity contribution is 5.98. The highest BCUT2D eigenvalue weighted by Gasteiger charge is 2.27. The first-order chi connectivity index (χ1) is 15.6. The van der Waals surface area contributed by atoms with Gasteiger partial charge in [0.2, 0.25) is 5.91 Å². The number of nitrogens with two attached hydrogens (primary N) is 1. The summed E-state index contributed by atoms with van der Waals surface area (Å²) in [6.07, 6.45) is 0.876. The van der Waals surface area contributed by atoms with Crippen molar-refractivity contribution in [2.24, 2.45) is 5.73 Å². The van der Waals surface area contributed by atoms with Crippen LogP contribution in [-0.4, -0.2) is 45.3 Å². The number of unbranched alkanes of at least 4 members (excludes halogenated alkanes) is 1. The second-order valence-electron chi connectivity index (χ2n) is 6.92. The van der Waals surface area contributed by atoms with E-state index in [1.54, 1.807) is 30.3 Å². The Hall–Kier alpha value is -4.55. The maximum absolute atomic E-state index is 12.2. The largest absolute Gasteiger partial charge is 0.478 e. The van der Waals surface area contributed by atoms with Gasteiger partial charge in [-0.3, -0.25) is 29.8 Å². The van der Waals surface area contributed by atoms with Crippen molar-refractivity contribution >= 4 is 34.8 Å². The lowest BCUT2D eigenvalue weighted by Crippen LogP contribution is -2.44. The molecule has 174 valence electrons. The van der Waals surface area contributed by atoms with Crippen molar-refractivity contribution in [1.29, 1.82) is 0 Å². The van der Waals surface area contributed by atoms with Crippen LogP contribution in [0.3, 0.4) is 0 Å². The summed E-state index contributed by atoms with van der Waals surface area (Å²) in [4.78, 5) is 55.8. The Morgan fingerprint density at radius 1 is 1.03 bits per heavy atom. The van der Waals surface area contributed by atoms with Gasteiger partial charge in [0.1, 0.15) is 11.7 Å². The highest BCUT2D eigenvalue weighted by Crippen LogP contribution is 2.33. The van der Waals surface area contributed by atoms with Gasteiger partial charge < -0.3 is 21.5 Å². The van der Waals surface area contributed by atoms with Crippen LogP contribution in [0.2, 0.25) is 0 Å². The lowest BCUT2D eigenvalue weighted by Gasteiger charge is -2.16. The van der Waals surface area contributed by atoms with Gasteiger partial charge in [-0.05, 0) is 31.4 Å². The van der Waals surface area contributed by atoms with Crippen molar-refractivity contribution in [3.05, 3.63) is 73.8 Å². The van der Waals surface area contributed by atoms with E-state index in [-0.39, 0.29) is 18.7 Å². The molecule has 2 amide bonds. The Labute approximate surface area is 186 Å². The fourth-order valence-corrected chi connectivity index (χ4v) is 3.02. The van der Waals surface area contributed by atoms with Gasteiger partial charge in [0.25, 0.3) is 17.3 Å². The monoisotopic (exact) mass is 459 g/mol. The lowest BCUT2D eigenvalue weighted by atomic mass is 10.1. The van der Waals surface area contributed by atoms with E-state index in [0.29, 0.717) is 24.5 Å². The second-order valence-corrected chi connectivity index (χ2v) is 6.92. The maximum atomic E-state index is 12.2. The number of carbonyl (C=O) groups is 3. The molecule has 0 spiro atoms. The zero-order chi connectivity index (χ0) is 24.5. The van der Waals surface area contributed by atoms with Crippen molar-refractivity contribution in [2.45, 2.75) is 25.3 Å². The Kier molecular flexibility index (Phi) is 8.37. The smallest absolute Gasteiger partial charge is 0.338 e. The van der Waals surface area contributed by atoms with E-state index in [0.717, 1.165) is 6.07 Å². The highest BCUT2D eigenvalue weighted by atomic mass is 16.6. The molecule has 2 aromatic carbocycles. The average molecular weight is 459 g/mol. The summed E-state index contributed by atoms with van der Waals surface area (Å²) in [6.45, 7) is 0.0665. The third kappa shape index (κ3) is 6.72. The number of carboxylic acids is 1. The first-order valence-electron chi connectivity index (χ1n) is 9.71. The van der Waals surface area contributed by atoms with Crippen molar-refractivity contribution < 1.29 is 29.3 Å². The number of primary amides is 1. The van der Waals surface area contributed by atoms with E-state index in [9.17, 15) is 39.7 Å². The minimum absolute atomic E-state index is 0.0665. The zero-order valence-electron chi connectivity index (χ0n) is 17.2. The molecule has 0 fully saturated rings. The molecule has 0 saturated heterocycles. The Morgan fingerprint density at radius 3 is 2.24 bits per heavy atom. The molecule has 0 aromatic heterocycles. The molecule has 0 bridgehead atoms. The second kappa shape index (κ2) is 11.2. The van der Waals surface area contributed by atoms with Crippen molar-refractivity contribution in [2.75, 3.05) is 11.9 Å². The molecule has 0 radical (unpaired) electrons. The standard InChI is InChI=1S/C20H21N5O8/c21-18(26)15(23-19(27)12-6-2-1-3-7-12)8-4-5-9-22-17-14(20(28)29)10-13(24(30)31)11-16(17)25(32)33/h1-3,6-7,10-11,15,22H,4-5,8-9H2,(H2,21,26)(H,23,27)(H,28,29)/t15-/m1/s1. The van der Waals surface area contributed by atoms with E-state index in [1.807, 2.05) is 0 Å². The Balaban J connectivity index is 2.01. The van der Waals surface area contributed by atoms with Crippen LogP contribution in [0, 0.1) is 20.2 Å². The third-order valence-electron chi connectivity index (χ3n) is 4.65. The van der Waals surface area contributed by atoms with Gasteiger partial charge in [-0.15, -0.1) is 0 Å². The average Bonchev–Trinajstić information content (AvgIpc) is 2.77. The van der Waals surface area contributed by atoms with Crippen LogP contribution in [0.4, 0.5) is 17.1 Å². The van der Waals surface area contributed by atoms with E-state index in [4.69, 9.17) is 5.73 Å². The number of nitrogens with zero attached hydrogens (tertiary/aromatic N) is 2. The molecule has 0 saturated carbocycles. The number of hydrogen-bond acceptors (Lipinski definition) is 8. The van der Waals surface area contributed by atoms with Crippen LogP contribution in [-0.2, 0) is 4.79 Å². The molecule has 0 unspecified atom stereocenters. The number of nitrogens with one attached hydrogen (secondary N) is 2. The number of nitro groups is 2. The molecule has 5 N–H and O–H groups in total. The number of non-ortho nitro benzene ring substituents is 1. The molecular weight excluding hydrogens is 438 g/mol. The quantitative estimate of drug-likeness (QED) is 0.208. The summed E-state index contributed by atoms with van der Waals surface area (Å²) >= 11 is 0. The van der Waals surface area contributed by atoms with Gasteiger partial charge in [0, 0.05) is 18.2 Å². The predicted octanol–water partition coefficient (Wildman–Crippen LogP) is 2.07. The summed E-state index contributed by atoms with van der Waals surface area (Å²) in [5.41, 5.74) is 3.28. The molecule has 0 aliphatic rings. The zero-order valence-corrected chi connectivity index (χ0v) is 17.2. The molecule has 13 nitrogen and oxygen atoms in total. The van der Waals surface area contributed by atoms with Gasteiger partial charge in [-0.25, -0.2) is 4.79 Å². The summed E-state index contributed by atoms with van der Waals surface area (Å²) in [5, 5.41) is 36.7. The molecule has 2 rings (SSSR count). The topological polar surface area (TPSA) is 208 Å². The number of aromatic carboxylic acids is 1. The minimum Gasteiger partial charge on any atom is -0.478 e. The third-order valence-corrected chi connectivity index (χ3v) is 4.65. The first-order valence-corrected chi connectivity index (χ1v) is 9.71. The van der Waals surface area contributed by atoms with Crippen molar-refractivity contribution in [1.82, 2.24) is 5.32 Å². The predicted molar refractivity (Wildman–Crippen MR) is 116 cm³/mol. The number of hydrogen-bond donors (Lipinski definition) is 4. The van der Waals surface area contributed by atoms with Crippen LogP contribution in [0.15, 0.2) is 42.5 Å². The number of nitro benzene ring substituents is 2. The molecule has 0 aliphatic carbocycles. The number of benzene rings is 2. The van der Waals surface area contributed by atoms with Crippen LogP contribution < -0.4 is 16.4 Å². The number of carboxylic acid groups (broad SMARTS) is 1. The van der Waals surface area contributed by atoms with Gasteiger partial charge >= 0.3 is 5.97 Å². The molecule has 0 heterocycles. The first kappa shape index (κ1) is 24.7. The molecule has 2 aromatic rings. The van der Waals surface area contributed by atoms with Crippen LogP contribution in [0.25, 0.3) is 0 Å². The molecule has 33 heavy (non-hydrogen) atoms. The van der Waals surface area contributed by atoms with Gasteiger partial charge in [-0.1, -0.05) is 18.2 Å². The van der Waals surface area contributed by atoms with E-state index >= 15 is 0 Å². The number of carbonyl (C=O) groups excluding carboxylic acids is 2. The fourth-order valence-electron chi connectivity index (χ4n) is 3.02. The summed E-state index contributed by atoms with van der Waals surface area (Å²) in [6, 6.07) is 8.70. The Morgan fingerprint density at radius 2 is 1.70 bits per heavy atom. The number of rotatable bonds is 12. The normalized spacial score (nSPS) is 11.3. The Bertz CT molecular complexity index is 1040. The fraction of sp³-hybridized carbons (Fsp3) is 0.250.